The maximum Gasteiger partial charge on any atom is 0.111 e. The first-order chi connectivity index (χ1) is 5.24. The lowest BCUT2D eigenvalue weighted by atomic mass is 10.3. The molecule has 0 rings (SSSR count). The van der Waals surface area contributed by atoms with Gasteiger partial charge in [0.1, 0.15) is 5.76 Å². The van der Waals surface area contributed by atoms with Crippen molar-refractivity contribution in [2.24, 2.45) is 0 Å². The van der Waals surface area contributed by atoms with E-state index in [0.29, 0.717) is 5.76 Å². The van der Waals surface area contributed by atoms with Crippen molar-refractivity contribution in [3.8, 4) is 0 Å². The van der Waals surface area contributed by atoms with Gasteiger partial charge in [-0.25, -0.2) is 0 Å². The van der Waals surface area contributed by atoms with Crippen LogP contribution in [-0.2, 0) is 4.74 Å². The summed E-state index contributed by atoms with van der Waals surface area (Å²) in [5.41, 5.74) is 1.04. The Bertz CT molecular complexity index is 180. The lowest BCUT2D eigenvalue weighted by Gasteiger charge is -1.99. The fourth-order valence-corrected chi connectivity index (χ4v) is 0.575. The molecule has 0 aromatic heterocycles. The van der Waals surface area contributed by atoms with Gasteiger partial charge < -0.3 is 10.1 Å². The smallest absolute Gasteiger partial charge is 0.111 e. The second-order valence-corrected chi connectivity index (χ2v) is 2.00. The highest BCUT2D eigenvalue weighted by molar-refractivity contribution is 5.21. The van der Waals surface area contributed by atoms with Crippen LogP contribution in [0.15, 0.2) is 36.3 Å². The van der Waals surface area contributed by atoms with Gasteiger partial charge in [-0.1, -0.05) is 12.7 Å². The van der Waals surface area contributed by atoms with Crippen molar-refractivity contribution in [3.63, 3.8) is 0 Å². The third-order valence-electron chi connectivity index (χ3n) is 1.31. The summed E-state index contributed by atoms with van der Waals surface area (Å²) < 4.78 is 4.85. The van der Waals surface area contributed by atoms with E-state index in [-0.39, 0.29) is 0 Å². The first-order valence-electron chi connectivity index (χ1n) is 3.49. The summed E-state index contributed by atoms with van der Waals surface area (Å²) in [5.74, 6) is 0.652. The fourth-order valence-electron chi connectivity index (χ4n) is 0.575. The van der Waals surface area contributed by atoms with Crippen molar-refractivity contribution in [1.82, 2.24) is 5.32 Å². The van der Waals surface area contributed by atoms with Crippen molar-refractivity contribution >= 4 is 0 Å². The highest BCUT2D eigenvalue weighted by Gasteiger charge is 1.84. The van der Waals surface area contributed by atoms with Gasteiger partial charge in [-0.3, -0.25) is 0 Å². The van der Waals surface area contributed by atoms with E-state index in [1.54, 1.807) is 7.11 Å². The Balaban J connectivity index is 4.00. The van der Waals surface area contributed by atoms with Crippen LogP contribution in [0.25, 0.3) is 0 Å². The Morgan fingerprint density at radius 2 is 2.09 bits per heavy atom. The van der Waals surface area contributed by atoms with Gasteiger partial charge in [0.05, 0.1) is 7.11 Å². The van der Waals surface area contributed by atoms with Gasteiger partial charge in [-0.2, -0.15) is 0 Å². The molecule has 0 fully saturated rings. The van der Waals surface area contributed by atoms with Gasteiger partial charge in [0, 0.05) is 12.7 Å². The lowest BCUT2D eigenvalue weighted by molar-refractivity contribution is 0.309. The standard InChI is InChI=1S/C9H15NO/c1-5-9(10-3)7-6-8(2)11-4/h5-7,10H,2H2,1,3-4H3/b7-6-,9-5+. The van der Waals surface area contributed by atoms with Crippen molar-refractivity contribution in [3.05, 3.63) is 36.3 Å². The SMILES string of the molecule is C=C(/C=C\C(=C/C)NC)OC. The molecule has 0 aromatic carbocycles. The molecule has 2 nitrogen and oxygen atoms in total. The average molecular weight is 153 g/mol. The second kappa shape index (κ2) is 5.59. The first kappa shape index (κ1) is 9.82. The van der Waals surface area contributed by atoms with E-state index in [0.717, 1.165) is 5.70 Å². The predicted octanol–water partition coefficient (Wildman–Crippen LogP) is 1.83. The predicted molar refractivity (Wildman–Crippen MR) is 48.1 cm³/mol. The van der Waals surface area contributed by atoms with Crippen LogP contribution in [0.3, 0.4) is 0 Å². The van der Waals surface area contributed by atoms with Crippen molar-refractivity contribution < 1.29 is 4.74 Å². The molecule has 11 heavy (non-hydrogen) atoms. The maximum absolute atomic E-state index is 4.85. The summed E-state index contributed by atoms with van der Waals surface area (Å²) in [4.78, 5) is 0. The molecule has 0 amide bonds. The molecule has 2 heteroatoms. The van der Waals surface area contributed by atoms with E-state index in [4.69, 9.17) is 4.74 Å². The molecule has 62 valence electrons. The molecule has 0 aromatic rings. The Morgan fingerprint density at radius 3 is 2.45 bits per heavy atom. The molecule has 0 saturated heterocycles. The zero-order chi connectivity index (χ0) is 8.69. The van der Waals surface area contributed by atoms with Crippen LogP contribution in [0.4, 0.5) is 0 Å². The molecule has 0 aliphatic carbocycles. The monoisotopic (exact) mass is 153 g/mol. The van der Waals surface area contributed by atoms with Crippen LogP contribution in [0, 0.1) is 0 Å². The number of rotatable bonds is 4. The maximum atomic E-state index is 4.85. The van der Waals surface area contributed by atoms with Crippen molar-refractivity contribution in [1.29, 1.82) is 0 Å². The number of likely N-dealkylation sites (N-methyl/N-ethyl adjacent to an activating group) is 1. The molecule has 0 saturated carbocycles. The second-order valence-electron chi connectivity index (χ2n) is 2.00. The third kappa shape index (κ3) is 4.25. The topological polar surface area (TPSA) is 21.3 Å². The molecule has 0 spiro atoms. The van der Waals surface area contributed by atoms with Crippen LogP contribution in [-0.4, -0.2) is 14.2 Å². The molecule has 0 atom stereocenters. The summed E-state index contributed by atoms with van der Waals surface area (Å²) in [6.07, 6.45) is 5.69. The van der Waals surface area contributed by atoms with E-state index in [1.807, 2.05) is 32.2 Å². The fraction of sp³-hybridized carbons (Fsp3) is 0.333. The zero-order valence-corrected chi connectivity index (χ0v) is 7.35. The number of methoxy groups -OCH3 is 1. The molecule has 0 unspecified atom stereocenters. The van der Waals surface area contributed by atoms with Crippen LogP contribution >= 0.6 is 0 Å². The number of hydrogen-bond acceptors (Lipinski definition) is 2. The minimum Gasteiger partial charge on any atom is -0.497 e. The lowest BCUT2D eigenvalue weighted by Crippen LogP contribution is -2.02. The first-order valence-corrected chi connectivity index (χ1v) is 3.49. The van der Waals surface area contributed by atoms with Crippen LogP contribution in [0.2, 0.25) is 0 Å². The summed E-state index contributed by atoms with van der Waals surface area (Å²) >= 11 is 0. The quantitative estimate of drug-likeness (QED) is 0.491. The van der Waals surface area contributed by atoms with Gasteiger partial charge in [0.15, 0.2) is 0 Å². The Morgan fingerprint density at radius 1 is 1.45 bits per heavy atom. The largest absolute Gasteiger partial charge is 0.497 e. The Kier molecular flexibility index (Phi) is 4.99. The van der Waals surface area contributed by atoms with Crippen LogP contribution in [0.5, 0.6) is 0 Å². The third-order valence-corrected chi connectivity index (χ3v) is 1.31. The van der Waals surface area contributed by atoms with Gasteiger partial charge in [-0.15, -0.1) is 0 Å². The van der Waals surface area contributed by atoms with Gasteiger partial charge in [-0.05, 0) is 19.1 Å². The molecular weight excluding hydrogens is 138 g/mol. The summed E-state index contributed by atoms with van der Waals surface area (Å²) in [6, 6.07) is 0. The molecule has 1 N–H and O–H groups in total. The van der Waals surface area contributed by atoms with Crippen LogP contribution in [0.1, 0.15) is 6.92 Å². The van der Waals surface area contributed by atoms with Crippen molar-refractivity contribution in [2.45, 2.75) is 6.92 Å². The normalized spacial score (nSPS) is 11.7. The Hall–Kier alpha value is -1.18. The minimum absolute atomic E-state index is 0.652. The molecule has 0 heterocycles. The number of allylic oxidation sites excluding steroid dienone is 3. The molecule has 0 bridgehead atoms. The summed E-state index contributed by atoms with van der Waals surface area (Å²) in [6.45, 7) is 5.61. The highest BCUT2D eigenvalue weighted by Crippen LogP contribution is 1.96. The van der Waals surface area contributed by atoms with Gasteiger partial charge in [0.25, 0.3) is 0 Å². The average Bonchev–Trinajstić information content (AvgIpc) is 2.06. The molecular formula is C9H15NO. The van der Waals surface area contributed by atoms with E-state index >= 15 is 0 Å². The van der Waals surface area contributed by atoms with E-state index in [9.17, 15) is 0 Å². The van der Waals surface area contributed by atoms with Gasteiger partial charge in [0.2, 0.25) is 0 Å². The highest BCUT2D eigenvalue weighted by atomic mass is 16.5. The van der Waals surface area contributed by atoms with E-state index in [2.05, 4.69) is 11.9 Å². The number of ether oxygens (including phenoxy) is 1. The van der Waals surface area contributed by atoms with E-state index < -0.39 is 0 Å². The summed E-state index contributed by atoms with van der Waals surface area (Å²) in [5, 5.41) is 3.01. The number of hydrogen-bond donors (Lipinski definition) is 1. The number of nitrogens with one attached hydrogen (secondary N) is 1. The molecule has 0 aliphatic heterocycles. The zero-order valence-electron chi connectivity index (χ0n) is 7.35. The van der Waals surface area contributed by atoms with E-state index in [1.165, 1.54) is 0 Å². The molecule has 0 radical (unpaired) electrons. The molecule has 0 aliphatic rings. The summed E-state index contributed by atoms with van der Waals surface area (Å²) in [7, 11) is 3.47. The van der Waals surface area contributed by atoms with Crippen LogP contribution < -0.4 is 5.32 Å². The van der Waals surface area contributed by atoms with Crippen molar-refractivity contribution in [2.75, 3.05) is 14.2 Å². The minimum atomic E-state index is 0.652. The van der Waals surface area contributed by atoms with Gasteiger partial charge >= 0.3 is 0 Å². The Labute approximate surface area is 68.3 Å².